The smallest absolute Gasteiger partial charge is 0.312 e. The van der Waals surface area contributed by atoms with Crippen LogP contribution in [0.4, 0.5) is 11.4 Å². The summed E-state index contributed by atoms with van der Waals surface area (Å²) in [5.41, 5.74) is -0.241. The van der Waals surface area contributed by atoms with Crippen LogP contribution in [0.25, 0.3) is 0 Å². The second-order valence-corrected chi connectivity index (χ2v) is 6.38. The molecular weight excluding hydrogens is 296 g/mol. The van der Waals surface area contributed by atoms with Gasteiger partial charge in [0.25, 0.3) is 0 Å². The lowest BCUT2D eigenvalue weighted by molar-refractivity contribution is -0.386. The molecule has 118 valence electrons. The quantitative estimate of drug-likeness (QED) is 0.544. The van der Waals surface area contributed by atoms with Crippen molar-refractivity contribution < 1.29 is 13.3 Å². The molecule has 0 heterocycles. The van der Waals surface area contributed by atoms with Crippen LogP contribution < -0.4 is 10.0 Å². The van der Waals surface area contributed by atoms with E-state index < -0.39 is 20.6 Å². The third kappa shape index (κ3) is 4.66. The molecule has 2 N–H and O–H groups in total. The van der Waals surface area contributed by atoms with Gasteiger partial charge in [-0.15, -0.1) is 0 Å². The summed E-state index contributed by atoms with van der Waals surface area (Å²) in [6.07, 6.45) is 0. The van der Waals surface area contributed by atoms with Crippen molar-refractivity contribution in [2.75, 3.05) is 39.0 Å². The molecule has 1 aromatic rings. The second-order valence-electron chi connectivity index (χ2n) is 4.64. The molecule has 0 unspecified atom stereocenters. The number of hydrogen-bond acceptors (Lipinski definition) is 6. The summed E-state index contributed by atoms with van der Waals surface area (Å²) in [7, 11) is -0.315. The molecule has 1 rings (SSSR count). The van der Waals surface area contributed by atoms with E-state index in [9.17, 15) is 18.5 Å². The molecule has 9 heteroatoms. The number of nitro benzene ring substituents is 1. The highest BCUT2D eigenvalue weighted by Gasteiger charge is 2.28. The number of hydrogen-bond donors (Lipinski definition) is 2. The average molecular weight is 316 g/mol. The van der Waals surface area contributed by atoms with Crippen LogP contribution >= 0.6 is 0 Å². The van der Waals surface area contributed by atoms with E-state index in [-0.39, 0.29) is 17.1 Å². The van der Waals surface area contributed by atoms with Gasteiger partial charge >= 0.3 is 5.69 Å². The zero-order valence-electron chi connectivity index (χ0n) is 12.3. The molecular formula is C12H20N4O4S. The van der Waals surface area contributed by atoms with Crippen LogP contribution in [0, 0.1) is 10.1 Å². The van der Waals surface area contributed by atoms with Crippen LogP contribution in [0.3, 0.4) is 0 Å². The Labute approximate surface area is 124 Å². The molecule has 0 saturated carbocycles. The molecule has 0 aliphatic carbocycles. The zero-order valence-corrected chi connectivity index (χ0v) is 13.1. The second kappa shape index (κ2) is 7.34. The van der Waals surface area contributed by atoms with Crippen LogP contribution in [0.5, 0.6) is 0 Å². The largest absolute Gasteiger partial charge is 0.380 e. The predicted molar refractivity (Wildman–Crippen MR) is 81.0 cm³/mol. The van der Waals surface area contributed by atoms with Crippen LogP contribution in [-0.4, -0.2) is 52.0 Å². The Morgan fingerprint density at radius 3 is 2.52 bits per heavy atom. The number of rotatable bonds is 8. The first-order valence-electron chi connectivity index (χ1n) is 6.45. The van der Waals surface area contributed by atoms with Crippen LogP contribution in [0.1, 0.15) is 6.92 Å². The summed E-state index contributed by atoms with van der Waals surface area (Å²) >= 11 is 0. The van der Waals surface area contributed by atoms with E-state index in [1.807, 2.05) is 19.0 Å². The van der Waals surface area contributed by atoms with Crippen LogP contribution in [0.15, 0.2) is 23.1 Å². The molecule has 21 heavy (non-hydrogen) atoms. The number of sulfonamides is 1. The fourth-order valence-electron chi connectivity index (χ4n) is 1.74. The minimum absolute atomic E-state index is 0.178. The van der Waals surface area contributed by atoms with E-state index >= 15 is 0 Å². The topological polar surface area (TPSA) is 105 Å². The van der Waals surface area contributed by atoms with E-state index in [1.165, 1.54) is 18.2 Å². The van der Waals surface area contributed by atoms with Crippen molar-refractivity contribution in [3.05, 3.63) is 28.3 Å². The first-order chi connectivity index (χ1) is 9.79. The van der Waals surface area contributed by atoms with Gasteiger partial charge in [-0.25, -0.2) is 13.1 Å². The molecule has 0 aromatic heterocycles. The van der Waals surface area contributed by atoms with Gasteiger partial charge in [0.15, 0.2) is 4.90 Å². The average Bonchev–Trinajstić information content (AvgIpc) is 2.37. The Hall–Kier alpha value is -1.71. The van der Waals surface area contributed by atoms with Gasteiger partial charge in [0.05, 0.1) is 4.92 Å². The van der Waals surface area contributed by atoms with Gasteiger partial charge in [-0.3, -0.25) is 10.1 Å². The van der Waals surface area contributed by atoms with Crippen molar-refractivity contribution >= 4 is 21.4 Å². The lowest BCUT2D eigenvalue weighted by Gasteiger charge is -2.12. The first-order valence-corrected chi connectivity index (χ1v) is 7.93. The summed E-state index contributed by atoms with van der Waals surface area (Å²) in [5, 5.41) is 14.0. The molecule has 0 spiro atoms. The summed E-state index contributed by atoms with van der Waals surface area (Å²) in [6.45, 7) is 2.91. The van der Waals surface area contributed by atoms with Crippen molar-refractivity contribution in [3.8, 4) is 0 Å². The number of anilines is 1. The first kappa shape index (κ1) is 17.3. The van der Waals surface area contributed by atoms with Gasteiger partial charge in [0.2, 0.25) is 10.0 Å². The Kier molecular flexibility index (Phi) is 6.06. The van der Waals surface area contributed by atoms with Crippen molar-refractivity contribution in [1.29, 1.82) is 0 Å². The summed E-state index contributed by atoms with van der Waals surface area (Å²) in [6, 6.07) is 4.20. The Morgan fingerprint density at radius 1 is 1.33 bits per heavy atom. The van der Waals surface area contributed by atoms with Crippen LogP contribution in [0.2, 0.25) is 0 Å². The third-order valence-corrected chi connectivity index (χ3v) is 4.18. The van der Waals surface area contributed by atoms with Gasteiger partial charge in [-0.05, 0) is 33.2 Å². The highest BCUT2D eigenvalue weighted by Crippen LogP contribution is 2.31. The lowest BCUT2D eigenvalue weighted by atomic mass is 10.2. The monoisotopic (exact) mass is 316 g/mol. The fourth-order valence-corrected chi connectivity index (χ4v) is 2.95. The number of nitrogens with one attached hydrogen (secondary N) is 2. The summed E-state index contributed by atoms with van der Waals surface area (Å²) in [5.74, 6) is 0. The van der Waals surface area contributed by atoms with Crippen molar-refractivity contribution in [1.82, 2.24) is 9.62 Å². The number of nitrogens with zero attached hydrogens (tertiary/aromatic N) is 2. The van der Waals surface area contributed by atoms with Gasteiger partial charge in [0.1, 0.15) is 5.69 Å². The molecule has 0 aliphatic heterocycles. The van der Waals surface area contributed by atoms with Crippen LogP contribution in [-0.2, 0) is 10.0 Å². The van der Waals surface area contributed by atoms with E-state index in [4.69, 9.17) is 0 Å². The molecule has 8 nitrogen and oxygen atoms in total. The van der Waals surface area contributed by atoms with Crippen molar-refractivity contribution in [2.24, 2.45) is 0 Å². The van der Waals surface area contributed by atoms with E-state index in [1.54, 1.807) is 6.92 Å². The maximum absolute atomic E-state index is 12.2. The Bertz CT molecular complexity index is 601. The molecule has 0 fully saturated rings. The van der Waals surface area contributed by atoms with Gasteiger partial charge in [-0.1, -0.05) is 6.07 Å². The van der Waals surface area contributed by atoms with E-state index in [2.05, 4.69) is 10.0 Å². The van der Waals surface area contributed by atoms with Gasteiger partial charge in [-0.2, -0.15) is 0 Å². The zero-order chi connectivity index (χ0) is 16.0. The molecule has 0 bridgehead atoms. The number of nitro groups is 1. The molecule has 0 atom stereocenters. The minimum atomic E-state index is -3.93. The van der Waals surface area contributed by atoms with Gasteiger partial charge < -0.3 is 10.2 Å². The minimum Gasteiger partial charge on any atom is -0.380 e. The Balaban J connectivity index is 3.16. The predicted octanol–water partition coefficient (Wildman–Crippen LogP) is 0.866. The lowest BCUT2D eigenvalue weighted by Crippen LogP contribution is -2.31. The summed E-state index contributed by atoms with van der Waals surface area (Å²) < 4.78 is 26.8. The highest BCUT2D eigenvalue weighted by molar-refractivity contribution is 7.89. The third-order valence-electron chi connectivity index (χ3n) is 2.69. The number of para-hydroxylation sites is 1. The molecule has 0 saturated heterocycles. The maximum Gasteiger partial charge on any atom is 0.312 e. The van der Waals surface area contributed by atoms with Gasteiger partial charge in [0, 0.05) is 19.6 Å². The molecule has 1 aromatic carbocycles. The van der Waals surface area contributed by atoms with E-state index in [0.717, 1.165) is 0 Å². The fraction of sp³-hybridized carbons (Fsp3) is 0.500. The molecule has 0 aliphatic rings. The number of benzene rings is 1. The van der Waals surface area contributed by atoms with Crippen molar-refractivity contribution in [3.63, 3.8) is 0 Å². The highest BCUT2D eigenvalue weighted by atomic mass is 32.2. The van der Waals surface area contributed by atoms with E-state index in [0.29, 0.717) is 13.1 Å². The number of likely N-dealkylation sites (N-methyl/N-ethyl adjacent to an activating group) is 1. The standard InChI is InChI=1S/C12H20N4O4S/c1-4-13-10-6-5-7-11(12(10)16(17)18)21(19,20)14-8-9-15(2)3/h5-7,13-14H,4,8-9H2,1-3H3. The SMILES string of the molecule is CCNc1cccc(S(=O)(=O)NCCN(C)C)c1[N+](=O)[O-]. The van der Waals surface area contributed by atoms with Crippen molar-refractivity contribution in [2.45, 2.75) is 11.8 Å². The molecule has 0 radical (unpaired) electrons. The normalized spacial score (nSPS) is 11.6. The maximum atomic E-state index is 12.2. The summed E-state index contributed by atoms with van der Waals surface area (Å²) in [4.78, 5) is 12.0. The Morgan fingerprint density at radius 2 is 2.00 bits per heavy atom. The molecule has 0 amide bonds.